The molecule has 2 heterocycles. The molecule has 1 saturated carbocycles. The Morgan fingerprint density at radius 1 is 0.767 bits per heavy atom. The van der Waals surface area contributed by atoms with E-state index in [2.05, 4.69) is 67.6 Å². The van der Waals surface area contributed by atoms with Crippen molar-refractivity contribution in [1.82, 2.24) is 0 Å². The lowest BCUT2D eigenvalue weighted by Gasteiger charge is -2.37. The van der Waals surface area contributed by atoms with Crippen molar-refractivity contribution in [3.8, 4) is 5.75 Å². The highest BCUT2D eigenvalue weighted by molar-refractivity contribution is 6.06. The van der Waals surface area contributed by atoms with Crippen LogP contribution in [-0.4, -0.2) is 12.1 Å². The maximum absolute atomic E-state index is 13.7. The van der Waals surface area contributed by atoms with Crippen LogP contribution in [0.25, 0.3) is 38.8 Å². The van der Waals surface area contributed by atoms with Gasteiger partial charge < -0.3 is 13.9 Å². The molecule has 8 rings (SSSR count). The van der Waals surface area contributed by atoms with Gasteiger partial charge in [0, 0.05) is 32.8 Å². The zero-order valence-corrected chi connectivity index (χ0v) is 24.1. The van der Waals surface area contributed by atoms with E-state index < -0.39 is 5.60 Å². The van der Waals surface area contributed by atoms with Crippen LogP contribution in [0.4, 0.5) is 0 Å². The van der Waals surface area contributed by atoms with Crippen LogP contribution in [0, 0.1) is 6.92 Å². The van der Waals surface area contributed by atoms with E-state index in [9.17, 15) is 4.79 Å². The van der Waals surface area contributed by atoms with Crippen molar-refractivity contribution in [3.05, 3.63) is 131 Å². The molecule has 0 amide bonds. The number of rotatable bonds is 4. The van der Waals surface area contributed by atoms with Crippen molar-refractivity contribution < 1.29 is 18.7 Å². The third-order valence-corrected chi connectivity index (χ3v) is 9.09. The Morgan fingerprint density at radius 3 is 2.42 bits per heavy atom. The fourth-order valence-corrected chi connectivity index (χ4v) is 6.87. The summed E-state index contributed by atoms with van der Waals surface area (Å²) in [6, 6.07) is 33.0. The Hall–Kier alpha value is -4.83. The van der Waals surface area contributed by atoms with Gasteiger partial charge in [0.1, 0.15) is 23.0 Å². The first-order chi connectivity index (χ1) is 21.1. The summed E-state index contributed by atoms with van der Waals surface area (Å²) in [6.07, 6.45) is 9.38. The minimum atomic E-state index is -0.926. The van der Waals surface area contributed by atoms with Gasteiger partial charge in [-0.05, 0) is 74.4 Å². The number of carbonyl (C=O) groups is 1. The van der Waals surface area contributed by atoms with Crippen molar-refractivity contribution in [3.63, 3.8) is 0 Å². The number of hydrogen-bond acceptors (Lipinski definition) is 4. The van der Waals surface area contributed by atoms with Crippen LogP contribution < -0.4 is 4.74 Å². The molecule has 0 N–H and O–H groups in total. The molecule has 4 heteroatoms. The van der Waals surface area contributed by atoms with Gasteiger partial charge in [0.05, 0.1) is 5.56 Å². The summed E-state index contributed by atoms with van der Waals surface area (Å²) in [5, 5.41) is 4.03. The molecule has 0 bridgehead atoms. The number of ether oxygens (including phenoxy) is 2. The fraction of sp³-hybridized carbons (Fsp3) is 0.205. The highest BCUT2D eigenvalue weighted by Gasteiger charge is 2.39. The molecular weight excluding hydrogens is 532 g/mol. The molecule has 1 atom stereocenters. The highest BCUT2D eigenvalue weighted by Crippen LogP contribution is 2.47. The highest BCUT2D eigenvalue weighted by atomic mass is 16.5. The molecule has 2 aliphatic rings. The van der Waals surface area contributed by atoms with Crippen LogP contribution in [-0.2, 0) is 10.3 Å². The van der Waals surface area contributed by atoms with E-state index in [0.29, 0.717) is 11.3 Å². The average Bonchev–Trinajstić information content (AvgIpc) is 3.43. The molecule has 212 valence electrons. The molecular formula is C39H32O4. The summed E-state index contributed by atoms with van der Waals surface area (Å²) < 4.78 is 19.5. The molecule has 1 aromatic heterocycles. The lowest BCUT2D eigenvalue weighted by Crippen LogP contribution is -2.34. The molecule has 43 heavy (non-hydrogen) atoms. The monoisotopic (exact) mass is 564 g/mol. The zero-order chi connectivity index (χ0) is 29.0. The molecule has 4 nitrogen and oxygen atoms in total. The second kappa shape index (κ2) is 10.2. The first-order valence-electron chi connectivity index (χ1n) is 15.2. The summed E-state index contributed by atoms with van der Waals surface area (Å²) in [7, 11) is 0. The SMILES string of the molecule is Cc1ccc2c3c(c(C(=O)OC4CCCCC4)cc2c1)C=CC(c1ccccc1)(c1ccc2oc4ccccc4c2c1)O3. The Bertz CT molecular complexity index is 2050. The van der Waals surface area contributed by atoms with Crippen molar-refractivity contribution in [2.45, 2.75) is 50.7 Å². The van der Waals surface area contributed by atoms with Crippen LogP contribution in [0.3, 0.4) is 0 Å². The summed E-state index contributed by atoms with van der Waals surface area (Å²) in [5.74, 6) is 0.412. The van der Waals surface area contributed by atoms with E-state index in [1.807, 2.05) is 48.5 Å². The van der Waals surface area contributed by atoms with Gasteiger partial charge in [-0.25, -0.2) is 4.79 Å². The van der Waals surface area contributed by atoms with E-state index in [-0.39, 0.29) is 12.1 Å². The summed E-state index contributed by atoms with van der Waals surface area (Å²) >= 11 is 0. The Morgan fingerprint density at radius 2 is 1.56 bits per heavy atom. The second-order valence-electron chi connectivity index (χ2n) is 11.9. The average molecular weight is 565 g/mol. The number of benzene rings is 5. The lowest BCUT2D eigenvalue weighted by atomic mass is 9.82. The summed E-state index contributed by atoms with van der Waals surface area (Å²) in [5.41, 5.74) is 5.18. The standard InChI is InChI=1S/C39H32O4/c1-25-16-18-30-26(22-25)23-34(38(40)41-29-12-6-3-7-13-29)32-20-21-39(43-37(30)32,27-10-4-2-5-11-27)28-17-19-36-33(24-28)31-14-8-9-15-35(31)42-36/h2,4-5,8-11,14-24,29H,3,6-7,12-13H2,1H3. The number of aryl methyl sites for hydroxylation is 1. The normalized spacial score (nSPS) is 18.5. The molecule has 6 aromatic rings. The minimum absolute atomic E-state index is 0.0292. The maximum Gasteiger partial charge on any atom is 0.339 e. The minimum Gasteiger partial charge on any atom is -0.472 e. The Labute approximate surface area is 250 Å². The fourth-order valence-electron chi connectivity index (χ4n) is 6.87. The van der Waals surface area contributed by atoms with E-state index in [0.717, 1.165) is 80.6 Å². The molecule has 1 unspecified atom stereocenters. The van der Waals surface area contributed by atoms with Gasteiger partial charge in [-0.1, -0.05) is 84.8 Å². The zero-order valence-electron chi connectivity index (χ0n) is 24.1. The largest absolute Gasteiger partial charge is 0.472 e. The number of para-hydroxylation sites is 1. The Kier molecular flexibility index (Phi) is 6.11. The molecule has 0 saturated heterocycles. The van der Waals surface area contributed by atoms with Crippen LogP contribution >= 0.6 is 0 Å². The summed E-state index contributed by atoms with van der Waals surface area (Å²) in [6.45, 7) is 2.07. The van der Waals surface area contributed by atoms with Crippen molar-refractivity contribution in [1.29, 1.82) is 0 Å². The predicted octanol–water partition coefficient (Wildman–Crippen LogP) is 9.89. The topological polar surface area (TPSA) is 48.7 Å². The third kappa shape index (κ3) is 4.32. The maximum atomic E-state index is 13.7. The van der Waals surface area contributed by atoms with Gasteiger partial charge in [-0.15, -0.1) is 0 Å². The molecule has 1 fully saturated rings. The van der Waals surface area contributed by atoms with Gasteiger partial charge in [0.2, 0.25) is 0 Å². The van der Waals surface area contributed by atoms with Gasteiger partial charge in [0.25, 0.3) is 0 Å². The first-order valence-corrected chi connectivity index (χ1v) is 15.2. The van der Waals surface area contributed by atoms with Crippen molar-refractivity contribution >= 4 is 44.8 Å². The van der Waals surface area contributed by atoms with Gasteiger partial charge >= 0.3 is 5.97 Å². The van der Waals surface area contributed by atoms with E-state index in [1.54, 1.807) is 0 Å². The number of carbonyl (C=O) groups excluding carboxylic acids is 1. The quantitative estimate of drug-likeness (QED) is 0.200. The Balaban J connectivity index is 1.33. The lowest BCUT2D eigenvalue weighted by molar-refractivity contribution is 0.0210. The third-order valence-electron chi connectivity index (χ3n) is 9.09. The second-order valence-corrected chi connectivity index (χ2v) is 11.9. The molecule has 1 aliphatic carbocycles. The van der Waals surface area contributed by atoms with Crippen molar-refractivity contribution in [2.24, 2.45) is 0 Å². The first kappa shape index (κ1) is 25.8. The molecule has 0 radical (unpaired) electrons. The van der Waals surface area contributed by atoms with E-state index in [4.69, 9.17) is 13.9 Å². The summed E-state index contributed by atoms with van der Waals surface area (Å²) in [4.78, 5) is 13.7. The number of esters is 1. The van der Waals surface area contributed by atoms with Crippen LogP contribution in [0.5, 0.6) is 5.75 Å². The van der Waals surface area contributed by atoms with Crippen molar-refractivity contribution in [2.75, 3.05) is 0 Å². The van der Waals surface area contributed by atoms with Gasteiger partial charge in [0.15, 0.2) is 5.60 Å². The number of hydrogen-bond donors (Lipinski definition) is 0. The van der Waals surface area contributed by atoms with Crippen LogP contribution in [0.15, 0.2) is 108 Å². The smallest absolute Gasteiger partial charge is 0.339 e. The van der Waals surface area contributed by atoms with E-state index >= 15 is 0 Å². The van der Waals surface area contributed by atoms with Crippen LogP contribution in [0.1, 0.15) is 64.7 Å². The number of furan rings is 1. The molecule has 5 aromatic carbocycles. The van der Waals surface area contributed by atoms with Gasteiger partial charge in [-0.3, -0.25) is 0 Å². The predicted molar refractivity (Wildman–Crippen MR) is 172 cm³/mol. The molecule has 1 aliphatic heterocycles. The van der Waals surface area contributed by atoms with Crippen LogP contribution in [0.2, 0.25) is 0 Å². The molecule has 0 spiro atoms. The van der Waals surface area contributed by atoms with E-state index in [1.165, 1.54) is 6.42 Å². The van der Waals surface area contributed by atoms with Gasteiger partial charge in [-0.2, -0.15) is 0 Å². The number of fused-ring (bicyclic) bond motifs is 6.